The fraction of sp³-hybridized carbons (Fsp3) is 0.143. The molecule has 0 bridgehead atoms. The summed E-state index contributed by atoms with van der Waals surface area (Å²) in [6, 6.07) is 33.8. The Kier molecular flexibility index (Phi) is 7.22. The van der Waals surface area contributed by atoms with Crippen molar-refractivity contribution in [3.8, 4) is 16.9 Å². The van der Waals surface area contributed by atoms with Crippen molar-refractivity contribution in [3.63, 3.8) is 0 Å². The average Bonchev–Trinajstić information content (AvgIpc) is 3.23. The van der Waals surface area contributed by atoms with Gasteiger partial charge in [0.15, 0.2) is 5.78 Å². The number of aromatic nitrogens is 2. The summed E-state index contributed by atoms with van der Waals surface area (Å²) in [4.78, 5) is 15.1. The number of aliphatic hydroxyl groups excluding tert-OH is 1. The number of aliphatic hydroxyl groups is 1. The van der Waals surface area contributed by atoms with Crippen LogP contribution in [0.15, 0.2) is 103 Å². The third-order valence-corrected chi connectivity index (χ3v) is 7.51. The zero-order valence-electron chi connectivity index (χ0n) is 22.8. The monoisotopic (exact) mass is 702 g/mol. The first-order valence-electron chi connectivity index (χ1n) is 13.1. The minimum atomic E-state index is -0.217. The van der Waals surface area contributed by atoms with Crippen LogP contribution in [0.2, 0.25) is 0 Å². The number of carbonyl (C=O) groups excluding carboxylic acids is 1. The number of carbonyl (C=O) groups is 1. The van der Waals surface area contributed by atoms with Gasteiger partial charge in [-0.25, -0.2) is 0 Å². The Hall–Kier alpha value is -4.05. The molecule has 0 spiro atoms. The molecule has 0 amide bonds. The van der Waals surface area contributed by atoms with E-state index in [1.807, 2.05) is 6.20 Å². The van der Waals surface area contributed by atoms with Crippen LogP contribution in [0, 0.1) is 6.07 Å². The number of benzene rings is 4. The van der Waals surface area contributed by atoms with Gasteiger partial charge in [0, 0.05) is 49.0 Å². The van der Waals surface area contributed by atoms with Gasteiger partial charge in [-0.15, -0.1) is 23.8 Å². The number of rotatable bonds is 2. The van der Waals surface area contributed by atoms with Crippen molar-refractivity contribution in [1.82, 2.24) is 9.55 Å². The number of nitrogens with zero attached hydrogens (tertiary/aromatic N) is 2. The summed E-state index contributed by atoms with van der Waals surface area (Å²) < 4.78 is 2.38. The summed E-state index contributed by atoms with van der Waals surface area (Å²) in [5.41, 5.74) is 8.16. The summed E-state index contributed by atoms with van der Waals surface area (Å²) >= 11 is 0. The Morgan fingerprint density at radius 2 is 1.60 bits per heavy atom. The van der Waals surface area contributed by atoms with E-state index in [0.29, 0.717) is 0 Å². The van der Waals surface area contributed by atoms with E-state index < -0.39 is 0 Å². The number of ketones is 1. The number of hydrogen-bond acceptors (Lipinski definition) is 3. The fourth-order valence-electron chi connectivity index (χ4n) is 6.02. The molecule has 6 aromatic rings. The van der Waals surface area contributed by atoms with E-state index in [1.165, 1.54) is 69.3 Å². The molecule has 1 radical (unpaired) electrons. The Morgan fingerprint density at radius 1 is 0.900 bits per heavy atom. The fourth-order valence-corrected chi connectivity index (χ4v) is 6.02. The standard InChI is InChI=1S/C30H21N2.C5H8O2.Ir/c1-30(2)23-15-9-17-25-27(23)26-22(29-28(30)21-13-7-6-10-19(21)18-31-29)14-8-16-24(26)32(25)20-11-4-3-5-12-20;1-4(6)3-5(2)7;/h3-13,15-18H,1-2H3;3,6H,1-2H3;/q-1;;/b;4-3-;. The van der Waals surface area contributed by atoms with Crippen molar-refractivity contribution in [2.45, 2.75) is 33.1 Å². The van der Waals surface area contributed by atoms with Crippen LogP contribution in [0.4, 0.5) is 0 Å². The largest absolute Gasteiger partial charge is 0.512 e. The normalized spacial score (nSPS) is 13.3. The Morgan fingerprint density at radius 3 is 2.30 bits per heavy atom. The Bertz CT molecular complexity index is 1930. The zero-order valence-corrected chi connectivity index (χ0v) is 25.2. The van der Waals surface area contributed by atoms with Gasteiger partial charge in [0.1, 0.15) is 0 Å². The van der Waals surface area contributed by atoms with Crippen LogP contribution in [0.3, 0.4) is 0 Å². The smallest absolute Gasteiger partial charge is 0.155 e. The van der Waals surface area contributed by atoms with Crippen LogP contribution in [-0.4, -0.2) is 20.4 Å². The summed E-state index contributed by atoms with van der Waals surface area (Å²) in [7, 11) is 0. The van der Waals surface area contributed by atoms with Gasteiger partial charge in [0.25, 0.3) is 0 Å². The number of allylic oxidation sites excluding steroid dienone is 2. The van der Waals surface area contributed by atoms with Gasteiger partial charge in [-0.1, -0.05) is 73.8 Å². The van der Waals surface area contributed by atoms with Crippen LogP contribution >= 0.6 is 0 Å². The molecule has 0 saturated heterocycles. The molecule has 4 aromatic carbocycles. The first-order valence-corrected chi connectivity index (χ1v) is 13.1. The second-order valence-corrected chi connectivity index (χ2v) is 10.6. The molecule has 1 aliphatic carbocycles. The molecule has 0 unspecified atom stereocenters. The van der Waals surface area contributed by atoms with Gasteiger partial charge in [-0.3, -0.25) is 4.79 Å². The van der Waals surface area contributed by atoms with E-state index in [4.69, 9.17) is 10.1 Å². The van der Waals surface area contributed by atoms with Crippen LogP contribution in [0.1, 0.15) is 38.8 Å². The molecule has 2 aromatic heterocycles. The Labute approximate surface area is 247 Å². The molecule has 2 heterocycles. The molecule has 201 valence electrons. The van der Waals surface area contributed by atoms with Gasteiger partial charge in [-0.05, 0) is 70.5 Å². The van der Waals surface area contributed by atoms with Crippen molar-refractivity contribution in [2.24, 2.45) is 0 Å². The molecule has 5 heteroatoms. The molecule has 0 aliphatic heterocycles. The van der Waals surface area contributed by atoms with Crippen LogP contribution in [-0.2, 0) is 30.3 Å². The van der Waals surface area contributed by atoms with Crippen molar-refractivity contribution in [1.29, 1.82) is 0 Å². The van der Waals surface area contributed by atoms with E-state index in [2.05, 4.69) is 109 Å². The molecular formula is C35H29IrN2O2-. The molecule has 0 saturated carbocycles. The van der Waals surface area contributed by atoms with Crippen LogP contribution in [0.25, 0.3) is 49.5 Å². The molecule has 40 heavy (non-hydrogen) atoms. The second-order valence-electron chi connectivity index (χ2n) is 10.6. The third kappa shape index (κ3) is 4.36. The SMILES string of the molecule is CC(=O)/C=C(/C)O.CC1(C)c2c(ncc3ccccc23)-c2[c-]ccc3c2c2c1cccc2n3-c1ccccc1.[Ir]. The number of hydrogen-bond donors (Lipinski definition) is 1. The van der Waals surface area contributed by atoms with Gasteiger partial charge in [0.05, 0.1) is 5.76 Å². The molecule has 0 fully saturated rings. The van der Waals surface area contributed by atoms with Gasteiger partial charge < -0.3 is 14.7 Å². The molecule has 1 aliphatic rings. The van der Waals surface area contributed by atoms with Crippen molar-refractivity contribution in [2.75, 3.05) is 0 Å². The predicted molar refractivity (Wildman–Crippen MR) is 160 cm³/mol. The maximum absolute atomic E-state index is 10.0. The summed E-state index contributed by atoms with van der Waals surface area (Å²) in [6.45, 7) is 7.53. The minimum absolute atomic E-state index is 0. The summed E-state index contributed by atoms with van der Waals surface area (Å²) in [5, 5.41) is 13.4. The first kappa shape index (κ1) is 27.5. The Balaban J connectivity index is 0.000000362. The number of fused-ring (bicyclic) bond motifs is 4. The first-order chi connectivity index (χ1) is 18.8. The molecule has 4 nitrogen and oxygen atoms in total. The van der Waals surface area contributed by atoms with Crippen molar-refractivity contribution in [3.05, 3.63) is 120 Å². The van der Waals surface area contributed by atoms with E-state index >= 15 is 0 Å². The van der Waals surface area contributed by atoms with Crippen molar-refractivity contribution >= 4 is 38.4 Å². The molecular weight excluding hydrogens is 673 g/mol. The van der Waals surface area contributed by atoms with E-state index in [-0.39, 0.29) is 37.1 Å². The van der Waals surface area contributed by atoms with Gasteiger partial charge >= 0.3 is 0 Å². The summed E-state index contributed by atoms with van der Waals surface area (Å²) in [6.07, 6.45) is 3.18. The average molecular weight is 702 g/mol. The van der Waals surface area contributed by atoms with Crippen LogP contribution < -0.4 is 0 Å². The molecule has 1 N–H and O–H groups in total. The third-order valence-electron chi connectivity index (χ3n) is 7.51. The summed E-state index contributed by atoms with van der Waals surface area (Å²) in [5.74, 6) is -0.0625. The molecule has 0 atom stereocenters. The number of pyridine rings is 1. The topological polar surface area (TPSA) is 55.1 Å². The maximum atomic E-state index is 10.0. The van der Waals surface area contributed by atoms with E-state index in [9.17, 15) is 4.79 Å². The van der Waals surface area contributed by atoms with Gasteiger partial charge in [0.2, 0.25) is 0 Å². The van der Waals surface area contributed by atoms with Gasteiger partial charge in [-0.2, -0.15) is 0 Å². The van der Waals surface area contributed by atoms with E-state index in [0.717, 1.165) is 11.3 Å². The minimum Gasteiger partial charge on any atom is -0.512 e. The predicted octanol–water partition coefficient (Wildman–Crippen LogP) is 8.47. The second kappa shape index (κ2) is 10.5. The molecule has 7 rings (SSSR count). The zero-order chi connectivity index (χ0) is 27.3. The quantitative estimate of drug-likeness (QED) is 0.112. The number of para-hydroxylation sites is 1. The van der Waals surface area contributed by atoms with Crippen LogP contribution in [0.5, 0.6) is 0 Å². The van der Waals surface area contributed by atoms with Crippen molar-refractivity contribution < 1.29 is 30.0 Å². The maximum Gasteiger partial charge on any atom is 0.155 e. The van der Waals surface area contributed by atoms with E-state index in [1.54, 1.807) is 0 Å².